The summed E-state index contributed by atoms with van der Waals surface area (Å²) in [5.74, 6) is 0.298. The van der Waals surface area contributed by atoms with Crippen LogP contribution in [0.4, 0.5) is 5.69 Å². The standard InChI is InChI=1S/C19H28ClN3O2/c1-13-8-4-6-10-16(13)22-19(25)14(2)23(3)12-18(24)21-17-11-7-5-9-15(17)20/h5,7,9,11,13-14,16H,4,6,8,10,12H2,1-3H3,(H,21,24)(H,22,25). The predicted octanol–water partition coefficient (Wildman–Crippen LogP) is 3.29. The molecule has 0 aromatic heterocycles. The van der Waals surface area contributed by atoms with Crippen molar-refractivity contribution in [1.29, 1.82) is 0 Å². The lowest BCUT2D eigenvalue weighted by Gasteiger charge is -2.32. The predicted molar refractivity (Wildman–Crippen MR) is 102 cm³/mol. The molecule has 6 heteroatoms. The van der Waals surface area contributed by atoms with Crippen molar-refractivity contribution >= 4 is 29.1 Å². The maximum atomic E-state index is 12.5. The lowest BCUT2D eigenvalue weighted by molar-refractivity contribution is -0.127. The Kier molecular flexibility index (Phi) is 7.26. The van der Waals surface area contributed by atoms with Crippen LogP contribution in [-0.4, -0.2) is 42.4 Å². The molecule has 3 atom stereocenters. The summed E-state index contributed by atoms with van der Waals surface area (Å²) < 4.78 is 0. The number of para-hydroxylation sites is 1. The Morgan fingerprint density at radius 1 is 1.28 bits per heavy atom. The number of rotatable bonds is 6. The lowest BCUT2D eigenvalue weighted by Crippen LogP contribution is -2.50. The van der Waals surface area contributed by atoms with E-state index in [0.29, 0.717) is 16.6 Å². The molecule has 2 rings (SSSR count). The van der Waals surface area contributed by atoms with E-state index in [-0.39, 0.29) is 30.4 Å². The fourth-order valence-corrected chi connectivity index (χ4v) is 3.33. The summed E-state index contributed by atoms with van der Waals surface area (Å²) in [6.45, 7) is 4.14. The van der Waals surface area contributed by atoms with Gasteiger partial charge in [0.25, 0.3) is 0 Å². The molecule has 138 valence electrons. The Balaban J connectivity index is 1.84. The van der Waals surface area contributed by atoms with E-state index in [1.807, 2.05) is 19.1 Å². The molecule has 0 radical (unpaired) electrons. The van der Waals surface area contributed by atoms with Crippen LogP contribution in [0.25, 0.3) is 0 Å². The van der Waals surface area contributed by atoms with Crippen LogP contribution in [-0.2, 0) is 9.59 Å². The van der Waals surface area contributed by atoms with E-state index in [2.05, 4.69) is 17.6 Å². The van der Waals surface area contributed by atoms with Crippen molar-refractivity contribution in [2.45, 2.75) is 51.6 Å². The van der Waals surface area contributed by atoms with Crippen LogP contribution in [0.5, 0.6) is 0 Å². The van der Waals surface area contributed by atoms with E-state index in [4.69, 9.17) is 11.6 Å². The van der Waals surface area contributed by atoms with Crippen LogP contribution in [0.3, 0.4) is 0 Å². The van der Waals surface area contributed by atoms with Gasteiger partial charge >= 0.3 is 0 Å². The van der Waals surface area contributed by atoms with Crippen LogP contribution < -0.4 is 10.6 Å². The van der Waals surface area contributed by atoms with Gasteiger partial charge in [-0.25, -0.2) is 0 Å². The van der Waals surface area contributed by atoms with Gasteiger partial charge in [0.1, 0.15) is 0 Å². The van der Waals surface area contributed by atoms with Gasteiger partial charge in [0.05, 0.1) is 23.3 Å². The SMILES string of the molecule is CC1CCCCC1NC(=O)C(C)N(C)CC(=O)Nc1ccccc1Cl. The van der Waals surface area contributed by atoms with Crippen molar-refractivity contribution in [3.63, 3.8) is 0 Å². The van der Waals surface area contributed by atoms with Crippen LogP contribution in [0, 0.1) is 5.92 Å². The highest BCUT2D eigenvalue weighted by Crippen LogP contribution is 2.24. The number of likely N-dealkylation sites (N-methyl/N-ethyl adjacent to an activating group) is 1. The van der Waals surface area contributed by atoms with Gasteiger partial charge in [0, 0.05) is 6.04 Å². The number of carbonyl (C=O) groups excluding carboxylic acids is 2. The first-order valence-corrected chi connectivity index (χ1v) is 9.31. The fourth-order valence-electron chi connectivity index (χ4n) is 3.15. The second-order valence-corrected chi connectivity index (χ2v) is 7.40. The Hall–Kier alpha value is -1.59. The first-order valence-electron chi connectivity index (χ1n) is 8.93. The van der Waals surface area contributed by atoms with Crippen LogP contribution in [0.1, 0.15) is 39.5 Å². The Morgan fingerprint density at radius 2 is 1.96 bits per heavy atom. The van der Waals surface area contributed by atoms with E-state index >= 15 is 0 Å². The molecular formula is C19H28ClN3O2. The van der Waals surface area contributed by atoms with Crippen molar-refractivity contribution in [3.05, 3.63) is 29.3 Å². The molecule has 1 saturated carbocycles. The minimum absolute atomic E-state index is 0.0215. The van der Waals surface area contributed by atoms with E-state index in [9.17, 15) is 9.59 Å². The maximum absolute atomic E-state index is 12.5. The molecule has 25 heavy (non-hydrogen) atoms. The molecule has 0 aliphatic heterocycles. The Labute approximate surface area is 155 Å². The first kappa shape index (κ1) is 19.7. The lowest BCUT2D eigenvalue weighted by atomic mass is 9.86. The third-order valence-corrected chi connectivity index (χ3v) is 5.35. The summed E-state index contributed by atoms with van der Waals surface area (Å²) >= 11 is 6.05. The zero-order valence-electron chi connectivity index (χ0n) is 15.2. The van der Waals surface area contributed by atoms with Crippen LogP contribution in [0.2, 0.25) is 5.02 Å². The molecule has 1 aromatic rings. The van der Waals surface area contributed by atoms with Gasteiger partial charge in [0.15, 0.2) is 0 Å². The number of benzene rings is 1. The van der Waals surface area contributed by atoms with Crippen molar-refractivity contribution in [2.75, 3.05) is 18.9 Å². The molecule has 0 saturated heterocycles. The van der Waals surface area contributed by atoms with Gasteiger partial charge in [-0.1, -0.05) is 43.5 Å². The van der Waals surface area contributed by atoms with Crippen molar-refractivity contribution in [1.82, 2.24) is 10.2 Å². The summed E-state index contributed by atoms with van der Waals surface area (Å²) in [6.07, 6.45) is 4.61. The summed E-state index contributed by atoms with van der Waals surface area (Å²) in [5.41, 5.74) is 0.579. The number of halogens is 1. The van der Waals surface area contributed by atoms with Gasteiger partial charge in [-0.05, 0) is 44.9 Å². The largest absolute Gasteiger partial charge is 0.352 e. The molecular weight excluding hydrogens is 338 g/mol. The quantitative estimate of drug-likeness (QED) is 0.813. The molecule has 1 fully saturated rings. The normalized spacial score (nSPS) is 21.6. The summed E-state index contributed by atoms with van der Waals surface area (Å²) in [7, 11) is 1.78. The average Bonchev–Trinajstić information content (AvgIpc) is 2.58. The highest BCUT2D eigenvalue weighted by atomic mass is 35.5. The van der Waals surface area contributed by atoms with E-state index in [0.717, 1.165) is 12.8 Å². The zero-order chi connectivity index (χ0) is 18.4. The highest BCUT2D eigenvalue weighted by molar-refractivity contribution is 6.33. The fraction of sp³-hybridized carbons (Fsp3) is 0.579. The molecule has 1 aromatic carbocycles. The monoisotopic (exact) mass is 365 g/mol. The molecule has 5 nitrogen and oxygen atoms in total. The molecule has 2 amide bonds. The summed E-state index contributed by atoms with van der Waals surface area (Å²) in [6, 6.07) is 6.97. The Bertz CT molecular complexity index is 608. The van der Waals surface area contributed by atoms with Crippen molar-refractivity contribution in [2.24, 2.45) is 5.92 Å². The molecule has 0 bridgehead atoms. The van der Waals surface area contributed by atoms with Crippen molar-refractivity contribution in [3.8, 4) is 0 Å². The van der Waals surface area contributed by atoms with Crippen molar-refractivity contribution < 1.29 is 9.59 Å². The van der Waals surface area contributed by atoms with E-state index in [1.54, 1.807) is 24.1 Å². The van der Waals surface area contributed by atoms with E-state index < -0.39 is 0 Å². The summed E-state index contributed by atoms with van der Waals surface area (Å²) in [4.78, 5) is 26.4. The van der Waals surface area contributed by atoms with Gasteiger partial charge in [-0.2, -0.15) is 0 Å². The second kappa shape index (κ2) is 9.20. The maximum Gasteiger partial charge on any atom is 0.238 e. The Morgan fingerprint density at radius 3 is 2.64 bits per heavy atom. The number of nitrogens with zero attached hydrogens (tertiary/aromatic N) is 1. The third-order valence-electron chi connectivity index (χ3n) is 5.02. The molecule has 0 spiro atoms. The number of hydrogen-bond acceptors (Lipinski definition) is 3. The number of nitrogens with one attached hydrogen (secondary N) is 2. The topological polar surface area (TPSA) is 61.4 Å². The number of anilines is 1. The average molecular weight is 366 g/mol. The summed E-state index contributed by atoms with van der Waals surface area (Å²) in [5, 5.41) is 6.42. The molecule has 0 heterocycles. The smallest absolute Gasteiger partial charge is 0.238 e. The van der Waals surface area contributed by atoms with Gasteiger partial charge in [-0.15, -0.1) is 0 Å². The molecule has 1 aliphatic rings. The van der Waals surface area contributed by atoms with Crippen LogP contribution >= 0.6 is 11.6 Å². The number of carbonyl (C=O) groups is 2. The van der Waals surface area contributed by atoms with Gasteiger partial charge < -0.3 is 10.6 Å². The van der Waals surface area contributed by atoms with Crippen LogP contribution in [0.15, 0.2) is 24.3 Å². The van der Waals surface area contributed by atoms with E-state index in [1.165, 1.54) is 12.8 Å². The van der Waals surface area contributed by atoms with Gasteiger partial charge in [0.2, 0.25) is 11.8 Å². The highest BCUT2D eigenvalue weighted by Gasteiger charge is 2.26. The number of hydrogen-bond donors (Lipinski definition) is 2. The molecule has 2 N–H and O–H groups in total. The molecule has 1 aliphatic carbocycles. The zero-order valence-corrected chi connectivity index (χ0v) is 16.0. The molecule has 3 unspecified atom stereocenters. The number of amides is 2. The minimum atomic E-state index is -0.369. The third kappa shape index (κ3) is 5.72. The van der Waals surface area contributed by atoms with Gasteiger partial charge in [-0.3, -0.25) is 14.5 Å². The first-order chi connectivity index (χ1) is 11.9. The minimum Gasteiger partial charge on any atom is -0.352 e. The second-order valence-electron chi connectivity index (χ2n) is 7.00.